The van der Waals surface area contributed by atoms with Gasteiger partial charge in [0, 0.05) is 12.6 Å². The van der Waals surface area contributed by atoms with E-state index in [1.54, 1.807) is 0 Å². The van der Waals surface area contributed by atoms with Crippen LogP contribution in [0.2, 0.25) is 0 Å². The molecule has 0 heterocycles. The van der Waals surface area contributed by atoms with Crippen LogP contribution in [-0.2, 0) is 9.59 Å². The van der Waals surface area contributed by atoms with E-state index in [0.717, 1.165) is 12.8 Å². The fourth-order valence-electron chi connectivity index (χ4n) is 2.36. The monoisotopic (exact) mass is 285 g/mol. The molecular weight excluding hydrogens is 262 g/mol. The van der Waals surface area contributed by atoms with Gasteiger partial charge in [-0.2, -0.15) is 0 Å². The fraction of sp³-hybridized carbons (Fsp3) is 0.769. The first-order valence-corrected chi connectivity index (χ1v) is 6.90. The van der Waals surface area contributed by atoms with E-state index in [1.165, 1.54) is 0 Å². The van der Waals surface area contributed by atoms with Gasteiger partial charge in [-0.3, -0.25) is 9.59 Å². The highest BCUT2D eigenvalue weighted by Crippen LogP contribution is 2.37. The van der Waals surface area contributed by atoms with Gasteiger partial charge in [0.05, 0.1) is 12.0 Å². The van der Waals surface area contributed by atoms with Gasteiger partial charge < -0.3 is 21.1 Å². The number of carbonyl (C=O) groups is 3. The summed E-state index contributed by atoms with van der Waals surface area (Å²) in [6.45, 7) is 3.63. The lowest BCUT2D eigenvalue weighted by Crippen LogP contribution is -2.47. The lowest BCUT2D eigenvalue weighted by molar-refractivity contribution is -0.148. The number of hydrogen-bond donors (Lipinski definition) is 4. The molecule has 0 bridgehead atoms. The Labute approximate surface area is 118 Å². The lowest BCUT2D eigenvalue weighted by Gasteiger charge is -2.24. The van der Waals surface area contributed by atoms with Crippen LogP contribution in [0.4, 0.5) is 4.79 Å². The molecule has 0 aromatic carbocycles. The predicted molar refractivity (Wildman–Crippen MR) is 73.2 cm³/mol. The molecule has 0 aliphatic heterocycles. The number of hydrogen-bond acceptors (Lipinski definition) is 3. The minimum atomic E-state index is -0.868. The Morgan fingerprint density at radius 3 is 2.25 bits per heavy atom. The Morgan fingerprint density at radius 1 is 1.15 bits per heavy atom. The second-order valence-electron chi connectivity index (χ2n) is 5.55. The smallest absolute Gasteiger partial charge is 0.315 e. The molecule has 0 aromatic heterocycles. The summed E-state index contributed by atoms with van der Waals surface area (Å²) in [6, 6.07) is -0.502. The minimum Gasteiger partial charge on any atom is -0.481 e. The summed E-state index contributed by atoms with van der Waals surface area (Å²) in [4.78, 5) is 34.2. The maximum atomic E-state index is 11.6. The van der Waals surface area contributed by atoms with Crippen LogP contribution in [-0.4, -0.2) is 42.1 Å². The second-order valence-corrected chi connectivity index (χ2v) is 5.55. The van der Waals surface area contributed by atoms with Gasteiger partial charge in [0.2, 0.25) is 5.91 Å². The second kappa shape index (κ2) is 7.12. The van der Waals surface area contributed by atoms with Crippen molar-refractivity contribution in [1.82, 2.24) is 16.0 Å². The zero-order chi connectivity index (χ0) is 15.2. The number of carbonyl (C=O) groups excluding carboxylic acids is 2. The van der Waals surface area contributed by atoms with Gasteiger partial charge in [0.15, 0.2) is 0 Å². The fourth-order valence-corrected chi connectivity index (χ4v) is 2.36. The molecule has 20 heavy (non-hydrogen) atoms. The molecule has 0 unspecified atom stereocenters. The van der Waals surface area contributed by atoms with Crippen molar-refractivity contribution in [2.24, 2.45) is 5.41 Å². The van der Waals surface area contributed by atoms with E-state index in [2.05, 4.69) is 16.0 Å². The third kappa shape index (κ3) is 4.71. The Bertz CT molecular complexity index is 376. The maximum absolute atomic E-state index is 11.6. The number of carboxylic acid groups (broad SMARTS) is 1. The molecule has 7 heteroatoms. The van der Waals surface area contributed by atoms with E-state index in [-0.39, 0.29) is 25.0 Å². The van der Waals surface area contributed by atoms with Crippen LogP contribution in [0.5, 0.6) is 0 Å². The van der Waals surface area contributed by atoms with Crippen molar-refractivity contribution in [3.05, 3.63) is 0 Å². The van der Waals surface area contributed by atoms with E-state index < -0.39 is 17.4 Å². The van der Waals surface area contributed by atoms with Gasteiger partial charge in [-0.05, 0) is 26.7 Å². The molecule has 4 N–H and O–H groups in total. The Hall–Kier alpha value is -1.79. The number of carboxylic acids is 1. The molecule has 0 saturated heterocycles. The summed E-state index contributed by atoms with van der Waals surface area (Å²) < 4.78 is 0. The average Bonchev–Trinajstić information content (AvgIpc) is 2.83. The Kier molecular flexibility index (Phi) is 5.79. The number of urea groups is 1. The summed E-state index contributed by atoms with van der Waals surface area (Å²) in [5.74, 6) is -1.14. The molecule has 1 aliphatic carbocycles. The van der Waals surface area contributed by atoms with E-state index in [1.807, 2.05) is 13.8 Å². The standard InChI is InChI=1S/C13H23N3O4/c1-9(2)16-10(17)7-14-12(20)15-8-13(11(18)19)5-3-4-6-13/h9H,3-8H2,1-2H3,(H,16,17)(H,18,19)(H2,14,15,20). The van der Waals surface area contributed by atoms with E-state index >= 15 is 0 Å². The highest BCUT2D eigenvalue weighted by molar-refractivity contribution is 5.84. The number of aliphatic carboxylic acids is 1. The van der Waals surface area contributed by atoms with Crippen molar-refractivity contribution in [1.29, 1.82) is 0 Å². The Balaban J connectivity index is 2.32. The van der Waals surface area contributed by atoms with Crippen molar-refractivity contribution in [3.63, 3.8) is 0 Å². The van der Waals surface area contributed by atoms with Gasteiger partial charge >= 0.3 is 12.0 Å². The molecule has 1 fully saturated rings. The van der Waals surface area contributed by atoms with Crippen LogP contribution in [0.3, 0.4) is 0 Å². The normalized spacial score (nSPS) is 16.8. The van der Waals surface area contributed by atoms with E-state index in [9.17, 15) is 19.5 Å². The molecule has 0 atom stereocenters. The van der Waals surface area contributed by atoms with Gasteiger partial charge in [-0.25, -0.2) is 4.79 Å². The van der Waals surface area contributed by atoms with Crippen LogP contribution in [0, 0.1) is 5.41 Å². The highest BCUT2D eigenvalue weighted by Gasteiger charge is 2.41. The average molecular weight is 285 g/mol. The van der Waals surface area contributed by atoms with Gasteiger partial charge in [-0.15, -0.1) is 0 Å². The van der Waals surface area contributed by atoms with Crippen molar-refractivity contribution in [2.75, 3.05) is 13.1 Å². The van der Waals surface area contributed by atoms with Crippen LogP contribution >= 0.6 is 0 Å². The summed E-state index contributed by atoms with van der Waals surface area (Å²) in [5, 5.41) is 16.9. The summed E-state index contributed by atoms with van der Waals surface area (Å²) in [5.41, 5.74) is -0.850. The molecule has 0 aromatic rings. The quantitative estimate of drug-likeness (QED) is 0.568. The highest BCUT2D eigenvalue weighted by atomic mass is 16.4. The van der Waals surface area contributed by atoms with Crippen LogP contribution in [0.1, 0.15) is 39.5 Å². The molecule has 3 amide bonds. The molecule has 1 rings (SSSR count). The zero-order valence-corrected chi connectivity index (χ0v) is 12.0. The topological polar surface area (TPSA) is 108 Å². The van der Waals surface area contributed by atoms with Crippen molar-refractivity contribution >= 4 is 17.9 Å². The number of amides is 3. The molecule has 7 nitrogen and oxygen atoms in total. The minimum absolute atomic E-state index is 0.0149. The molecule has 0 spiro atoms. The molecule has 1 saturated carbocycles. The first kappa shape index (κ1) is 16.3. The largest absolute Gasteiger partial charge is 0.481 e. The summed E-state index contributed by atoms with van der Waals surface area (Å²) >= 11 is 0. The van der Waals surface area contributed by atoms with Crippen LogP contribution in [0.25, 0.3) is 0 Å². The Morgan fingerprint density at radius 2 is 1.75 bits per heavy atom. The summed E-state index contributed by atoms with van der Waals surface area (Å²) in [7, 11) is 0. The van der Waals surface area contributed by atoms with Gasteiger partial charge in [-0.1, -0.05) is 12.8 Å². The third-order valence-corrected chi connectivity index (χ3v) is 3.46. The van der Waals surface area contributed by atoms with Gasteiger partial charge in [0.1, 0.15) is 0 Å². The first-order chi connectivity index (χ1) is 9.35. The predicted octanol–water partition coefficient (Wildman–Crippen LogP) is 0.455. The lowest BCUT2D eigenvalue weighted by atomic mass is 9.86. The van der Waals surface area contributed by atoms with Crippen molar-refractivity contribution in [2.45, 2.75) is 45.6 Å². The van der Waals surface area contributed by atoms with Crippen molar-refractivity contribution < 1.29 is 19.5 Å². The SMILES string of the molecule is CC(C)NC(=O)CNC(=O)NCC1(C(=O)O)CCCC1. The molecule has 114 valence electrons. The van der Waals surface area contributed by atoms with E-state index in [0.29, 0.717) is 12.8 Å². The van der Waals surface area contributed by atoms with Gasteiger partial charge in [0.25, 0.3) is 0 Å². The molecule has 1 aliphatic rings. The van der Waals surface area contributed by atoms with E-state index in [4.69, 9.17) is 0 Å². The first-order valence-electron chi connectivity index (χ1n) is 6.90. The molecule has 0 radical (unpaired) electrons. The van der Waals surface area contributed by atoms with Crippen LogP contribution in [0.15, 0.2) is 0 Å². The van der Waals surface area contributed by atoms with Crippen LogP contribution < -0.4 is 16.0 Å². The number of rotatable bonds is 6. The van der Waals surface area contributed by atoms with Crippen molar-refractivity contribution in [3.8, 4) is 0 Å². The zero-order valence-electron chi connectivity index (χ0n) is 12.0. The summed E-state index contributed by atoms with van der Waals surface area (Å²) in [6.07, 6.45) is 2.89. The number of nitrogens with one attached hydrogen (secondary N) is 3. The third-order valence-electron chi connectivity index (χ3n) is 3.46. The molecular formula is C13H23N3O4. The maximum Gasteiger partial charge on any atom is 0.315 e.